The Morgan fingerprint density at radius 1 is 1.35 bits per heavy atom. The van der Waals surface area contributed by atoms with E-state index in [9.17, 15) is 14.0 Å². The Bertz CT molecular complexity index is 515. The van der Waals surface area contributed by atoms with E-state index in [0.29, 0.717) is 0 Å². The van der Waals surface area contributed by atoms with Gasteiger partial charge in [-0.1, -0.05) is 24.4 Å². The maximum absolute atomic E-state index is 13.0. The van der Waals surface area contributed by atoms with E-state index < -0.39 is 11.8 Å². The average molecular weight is 300 g/mol. The van der Waals surface area contributed by atoms with Gasteiger partial charge in [0.05, 0.1) is 10.6 Å². The van der Waals surface area contributed by atoms with Gasteiger partial charge in [-0.05, 0) is 31.0 Å². The van der Waals surface area contributed by atoms with E-state index in [1.807, 2.05) is 0 Å². The molecule has 1 aliphatic carbocycles. The third-order valence-corrected chi connectivity index (χ3v) is 3.50. The number of halogens is 2. The van der Waals surface area contributed by atoms with Crippen LogP contribution in [0.2, 0.25) is 5.02 Å². The van der Waals surface area contributed by atoms with Crippen molar-refractivity contribution in [3.8, 4) is 0 Å². The first-order valence-electron chi connectivity index (χ1n) is 6.48. The summed E-state index contributed by atoms with van der Waals surface area (Å²) in [5.41, 5.74) is 0.116. The molecule has 1 aliphatic rings. The van der Waals surface area contributed by atoms with Crippen LogP contribution in [0.4, 0.5) is 4.39 Å². The number of rotatable bonds is 4. The Balaban J connectivity index is 1.81. The number of carbonyl (C=O) groups is 2. The van der Waals surface area contributed by atoms with Gasteiger partial charge in [-0.3, -0.25) is 4.79 Å². The van der Waals surface area contributed by atoms with E-state index in [0.717, 1.165) is 31.7 Å². The molecule has 1 amide bonds. The number of hydrogen-bond acceptors (Lipinski definition) is 3. The second-order valence-corrected chi connectivity index (χ2v) is 5.16. The lowest BCUT2D eigenvalue weighted by Gasteiger charge is -2.12. The third-order valence-electron chi connectivity index (χ3n) is 3.21. The molecule has 20 heavy (non-hydrogen) atoms. The van der Waals surface area contributed by atoms with Gasteiger partial charge in [0, 0.05) is 6.04 Å². The molecular formula is C14H15ClFNO3. The first kappa shape index (κ1) is 14.8. The van der Waals surface area contributed by atoms with E-state index in [1.54, 1.807) is 0 Å². The Labute approximate surface area is 121 Å². The number of amides is 1. The molecule has 108 valence electrons. The first-order chi connectivity index (χ1) is 9.56. The van der Waals surface area contributed by atoms with Crippen molar-refractivity contribution < 1.29 is 18.7 Å². The molecule has 6 heteroatoms. The molecule has 0 unspecified atom stereocenters. The molecule has 1 fully saturated rings. The van der Waals surface area contributed by atoms with Crippen molar-refractivity contribution in [2.24, 2.45) is 0 Å². The highest BCUT2D eigenvalue weighted by molar-refractivity contribution is 6.31. The number of hydrogen-bond donors (Lipinski definition) is 1. The van der Waals surface area contributed by atoms with Gasteiger partial charge in [-0.25, -0.2) is 9.18 Å². The molecule has 0 bridgehead atoms. The van der Waals surface area contributed by atoms with Crippen LogP contribution in [0, 0.1) is 5.82 Å². The highest BCUT2D eigenvalue weighted by atomic mass is 35.5. The fourth-order valence-corrected chi connectivity index (χ4v) is 2.36. The summed E-state index contributed by atoms with van der Waals surface area (Å²) >= 11 is 5.57. The summed E-state index contributed by atoms with van der Waals surface area (Å²) in [5.74, 6) is -1.63. The van der Waals surface area contributed by atoms with Gasteiger partial charge in [-0.15, -0.1) is 0 Å². The molecule has 0 aromatic heterocycles. The van der Waals surface area contributed by atoms with Crippen molar-refractivity contribution in [2.45, 2.75) is 31.7 Å². The van der Waals surface area contributed by atoms with Crippen molar-refractivity contribution in [3.63, 3.8) is 0 Å². The first-order valence-corrected chi connectivity index (χ1v) is 6.85. The average Bonchev–Trinajstić information content (AvgIpc) is 2.92. The van der Waals surface area contributed by atoms with Crippen LogP contribution in [-0.2, 0) is 9.53 Å². The summed E-state index contributed by atoms with van der Waals surface area (Å²) in [5, 5.41) is 2.65. The number of carbonyl (C=O) groups excluding carboxylic acids is 2. The predicted molar refractivity (Wildman–Crippen MR) is 72.1 cm³/mol. The summed E-state index contributed by atoms with van der Waals surface area (Å²) in [6.07, 6.45) is 4.15. The number of nitrogens with one attached hydrogen (secondary N) is 1. The van der Waals surface area contributed by atoms with Crippen molar-refractivity contribution >= 4 is 23.5 Å². The highest BCUT2D eigenvalue weighted by Gasteiger charge is 2.18. The van der Waals surface area contributed by atoms with Gasteiger partial charge in [0.2, 0.25) is 0 Å². The van der Waals surface area contributed by atoms with E-state index in [-0.39, 0.29) is 29.1 Å². The summed E-state index contributed by atoms with van der Waals surface area (Å²) in [6, 6.07) is 3.70. The predicted octanol–water partition coefficient (Wildman–Crippen LogP) is 2.69. The number of esters is 1. The maximum Gasteiger partial charge on any atom is 0.338 e. The van der Waals surface area contributed by atoms with Gasteiger partial charge in [0.25, 0.3) is 5.91 Å². The normalized spacial score (nSPS) is 15.1. The van der Waals surface area contributed by atoms with E-state index >= 15 is 0 Å². The van der Waals surface area contributed by atoms with Crippen LogP contribution in [0.5, 0.6) is 0 Å². The second-order valence-electron chi connectivity index (χ2n) is 4.75. The Hall–Kier alpha value is -1.62. The lowest BCUT2D eigenvalue weighted by atomic mass is 10.2. The zero-order chi connectivity index (χ0) is 14.5. The zero-order valence-electron chi connectivity index (χ0n) is 10.8. The fourth-order valence-electron chi connectivity index (χ4n) is 2.18. The van der Waals surface area contributed by atoms with Crippen LogP contribution >= 0.6 is 11.6 Å². The van der Waals surface area contributed by atoms with Crippen molar-refractivity contribution in [3.05, 3.63) is 34.6 Å². The molecule has 1 N–H and O–H groups in total. The van der Waals surface area contributed by atoms with Gasteiger partial charge in [-0.2, -0.15) is 0 Å². The molecule has 1 aromatic rings. The lowest BCUT2D eigenvalue weighted by molar-refractivity contribution is -0.124. The smallest absolute Gasteiger partial charge is 0.338 e. The molecule has 0 heterocycles. The van der Waals surface area contributed by atoms with Crippen LogP contribution < -0.4 is 5.32 Å². The van der Waals surface area contributed by atoms with E-state index in [1.165, 1.54) is 12.1 Å². The summed E-state index contributed by atoms with van der Waals surface area (Å²) in [4.78, 5) is 23.2. The van der Waals surface area contributed by atoms with Gasteiger partial charge in [0.1, 0.15) is 5.82 Å². The molecule has 2 rings (SSSR count). The summed E-state index contributed by atoms with van der Waals surface area (Å²) in [7, 11) is 0. The van der Waals surface area contributed by atoms with Crippen LogP contribution in [0.25, 0.3) is 0 Å². The second kappa shape index (κ2) is 6.70. The minimum Gasteiger partial charge on any atom is -0.452 e. The minimum atomic E-state index is -0.700. The highest BCUT2D eigenvalue weighted by Crippen LogP contribution is 2.18. The number of ether oxygens (including phenoxy) is 1. The topological polar surface area (TPSA) is 55.4 Å². The maximum atomic E-state index is 13.0. The standard InChI is InChI=1S/C14H15ClFNO3/c15-11-7-9(5-6-12(11)16)14(19)20-8-13(18)17-10-3-1-2-4-10/h5-7,10H,1-4,8H2,(H,17,18). The van der Waals surface area contributed by atoms with E-state index in [2.05, 4.69) is 5.32 Å². The van der Waals surface area contributed by atoms with Crippen molar-refractivity contribution in [1.29, 1.82) is 0 Å². The fraction of sp³-hybridized carbons (Fsp3) is 0.429. The van der Waals surface area contributed by atoms with Crippen LogP contribution in [-0.4, -0.2) is 24.5 Å². The molecule has 0 radical (unpaired) electrons. The molecule has 1 aromatic carbocycles. The van der Waals surface area contributed by atoms with Gasteiger partial charge >= 0.3 is 5.97 Å². The zero-order valence-corrected chi connectivity index (χ0v) is 11.6. The molecule has 4 nitrogen and oxygen atoms in total. The van der Waals surface area contributed by atoms with Gasteiger partial charge in [0.15, 0.2) is 6.61 Å². The van der Waals surface area contributed by atoms with Crippen molar-refractivity contribution in [2.75, 3.05) is 6.61 Å². The van der Waals surface area contributed by atoms with E-state index in [4.69, 9.17) is 16.3 Å². The molecule has 0 saturated heterocycles. The quantitative estimate of drug-likeness (QED) is 0.870. The third kappa shape index (κ3) is 3.93. The van der Waals surface area contributed by atoms with Crippen LogP contribution in [0.1, 0.15) is 36.0 Å². The van der Waals surface area contributed by atoms with Gasteiger partial charge < -0.3 is 10.1 Å². The Morgan fingerprint density at radius 2 is 2.05 bits per heavy atom. The van der Waals surface area contributed by atoms with Crippen LogP contribution in [0.3, 0.4) is 0 Å². The molecule has 0 spiro atoms. The molecule has 0 atom stereocenters. The molecule has 1 saturated carbocycles. The molecular weight excluding hydrogens is 285 g/mol. The van der Waals surface area contributed by atoms with Crippen molar-refractivity contribution in [1.82, 2.24) is 5.32 Å². The van der Waals surface area contributed by atoms with Crippen LogP contribution in [0.15, 0.2) is 18.2 Å². The Kier molecular flexibility index (Phi) is 4.95. The number of benzene rings is 1. The lowest BCUT2D eigenvalue weighted by Crippen LogP contribution is -2.35. The molecule has 0 aliphatic heterocycles. The Morgan fingerprint density at radius 3 is 2.70 bits per heavy atom. The minimum absolute atomic E-state index is 0.116. The summed E-state index contributed by atoms with van der Waals surface area (Å²) < 4.78 is 17.8. The SMILES string of the molecule is O=C(COC(=O)c1ccc(F)c(Cl)c1)NC1CCCC1. The monoisotopic (exact) mass is 299 g/mol. The summed E-state index contributed by atoms with van der Waals surface area (Å²) in [6.45, 7) is -0.343. The largest absolute Gasteiger partial charge is 0.452 e.